The van der Waals surface area contributed by atoms with Crippen LogP contribution >= 0.6 is 11.6 Å². The highest BCUT2D eigenvalue weighted by molar-refractivity contribution is 6.32. The molecular formula is C10H9ClO. The normalized spacial score (nSPS) is 8.58. The van der Waals surface area contributed by atoms with E-state index < -0.39 is 0 Å². The smallest absolute Gasteiger partial charge is 0.137 e. The van der Waals surface area contributed by atoms with Crippen LogP contribution in [0.1, 0.15) is 12.5 Å². The summed E-state index contributed by atoms with van der Waals surface area (Å²) >= 11 is 5.87. The molecule has 0 aliphatic carbocycles. The predicted octanol–water partition coefficient (Wildman–Crippen LogP) is 2.72. The van der Waals surface area contributed by atoms with E-state index in [1.165, 1.54) is 0 Å². The number of rotatable bonds is 1. The standard InChI is InChI=1S/C10H9ClO/c1-3-4-8-5-6-10(12-2)9(11)7-8/h5-7H,1-2H3. The number of methoxy groups -OCH3 is 1. The molecule has 0 fully saturated rings. The zero-order valence-electron chi connectivity index (χ0n) is 7.02. The summed E-state index contributed by atoms with van der Waals surface area (Å²) in [5.41, 5.74) is 0.906. The fourth-order valence-corrected chi connectivity index (χ4v) is 1.15. The zero-order valence-corrected chi connectivity index (χ0v) is 7.77. The van der Waals surface area contributed by atoms with Gasteiger partial charge in [-0.3, -0.25) is 0 Å². The first kappa shape index (κ1) is 8.96. The van der Waals surface area contributed by atoms with Crippen molar-refractivity contribution in [2.24, 2.45) is 0 Å². The quantitative estimate of drug-likeness (QED) is 0.604. The van der Waals surface area contributed by atoms with E-state index in [0.29, 0.717) is 10.8 Å². The van der Waals surface area contributed by atoms with Crippen LogP contribution in [0.3, 0.4) is 0 Å². The first-order chi connectivity index (χ1) is 5.77. The van der Waals surface area contributed by atoms with Crippen LogP contribution in [0.2, 0.25) is 5.02 Å². The van der Waals surface area contributed by atoms with E-state index in [1.807, 2.05) is 12.1 Å². The van der Waals surface area contributed by atoms with Crippen LogP contribution in [0.5, 0.6) is 5.75 Å². The Bertz CT molecular complexity index is 333. The Hall–Kier alpha value is -1.13. The molecule has 0 heterocycles. The number of halogens is 1. The molecule has 0 aromatic heterocycles. The fraction of sp³-hybridized carbons (Fsp3) is 0.200. The molecule has 0 atom stereocenters. The second-order valence-electron chi connectivity index (χ2n) is 2.22. The number of hydrogen-bond acceptors (Lipinski definition) is 1. The molecule has 0 saturated heterocycles. The van der Waals surface area contributed by atoms with E-state index >= 15 is 0 Å². The van der Waals surface area contributed by atoms with Gasteiger partial charge in [-0.25, -0.2) is 0 Å². The average Bonchev–Trinajstić information content (AvgIpc) is 2.05. The molecule has 2 heteroatoms. The Morgan fingerprint density at radius 2 is 2.17 bits per heavy atom. The number of ether oxygens (including phenoxy) is 1. The van der Waals surface area contributed by atoms with E-state index in [9.17, 15) is 0 Å². The molecule has 0 radical (unpaired) electrons. The lowest BCUT2D eigenvalue weighted by Crippen LogP contribution is -1.84. The Kier molecular flexibility index (Phi) is 3.01. The molecule has 0 aliphatic rings. The molecule has 0 unspecified atom stereocenters. The van der Waals surface area contributed by atoms with Crippen LogP contribution < -0.4 is 4.74 Å². The number of benzene rings is 1. The Morgan fingerprint density at radius 3 is 2.67 bits per heavy atom. The van der Waals surface area contributed by atoms with Gasteiger partial charge in [-0.05, 0) is 25.1 Å². The third-order valence-electron chi connectivity index (χ3n) is 1.42. The maximum absolute atomic E-state index is 5.87. The summed E-state index contributed by atoms with van der Waals surface area (Å²) in [6.45, 7) is 1.79. The summed E-state index contributed by atoms with van der Waals surface area (Å²) < 4.78 is 5.00. The Labute approximate surface area is 77.3 Å². The minimum atomic E-state index is 0.595. The van der Waals surface area contributed by atoms with Crippen molar-refractivity contribution >= 4 is 11.6 Å². The van der Waals surface area contributed by atoms with E-state index in [1.54, 1.807) is 20.1 Å². The molecule has 0 aliphatic heterocycles. The van der Waals surface area contributed by atoms with Crippen LogP contribution in [0.25, 0.3) is 0 Å². The Balaban J connectivity index is 3.07. The van der Waals surface area contributed by atoms with Gasteiger partial charge in [0, 0.05) is 5.56 Å². The summed E-state index contributed by atoms with van der Waals surface area (Å²) in [7, 11) is 1.59. The number of hydrogen-bond donors (Lipinski definition) is 0. The van der Waals surface area contributed by atoms with Gasteiger partial charge in [-0.1, -0.05) is 17.5 Å². The van der Waals surface area contributed by atoms with Gasteiger partial charge in [0.1, 0.15) is 5.75 Å². The van der Waals surface area contributed by atoms with Gasteiger partial charge in [-0.15, -0.1) is 5.92 Å². The van der Waals surface area contributed by atoms with Gasteiger partial charge in [0.05, 0.1) is 12.1 Å². The van der Waals surface area contributed by atoms with Gasteiger partial charge in [-0.2, -0.15) is 0 Å². The van der Waals surface area contributed by atoms with E-state index in [2.05, 4.69) is 11.8 Å². The molecular weight excluding hydrogens is 172 g/mol. The first-order valence-electron chi connectivity index (χ1n) is 3.54. The highest BCUT2D eigenvalue weighted by Crippen LogP contribution is 2.24. The van der Waals surface area contributed by atoms with Gasteiger partial charge >= 0.3 is 0 Å². The molecule has 12 heavy (non-hydrogen) atoms. The van der Waals surface area contributed by atoms with Crippen molar-refractivity contribution in [3.05, 3.63) is 28.8 Å². The SMILES string of the molecule is CC#Cc1ccc(OC)c(Cl)c1. The van der Waals surface area contributed by atoms with Gasteiger partial charge < -0.3 is 4.74 Å². The highest BCUT2D eigenvalue weighted by atomic mass is 35.5. The topological polar surface area (TPSA) is 9.23 Å². The lowest BCUT2D eigenvalue weighted by molar-refractivity contribution is 0.415. The largest absolute Gasteiger partial charge is 0.495 e. The van der Waals surface area contributed by atoms with Crippen LogP contribution in [-0.2, 0) is 0 Å². The lowest BCUT2D eigenvalue weighted by atomic mass is 10.2. The molecule has 1 nitrogen and oxygen atoms in total. The maximum atomic E-state index is 5.87. The van der Waals surface area contributed by atoms with Crippen molar-refractivity contribution in [3.63, 3.8) is 0 Å². The summed E-state index contributed by atoms with van der Waals surface area (Å²) in [5.74, 6) is 6.39. The zero-order chi connectivity index (χ0) is 8.97. The third-order valence-corrected chi connectivity index (χ3v) is 1.72. The highest BCUT2D eigenvalue weighted by Gasteiger charge is 1.98. The van der Waals surface area contributed by atoms with E-state index in [-0.39, 0.29) is 0 Å². The molecule has 0 N–H and O–H groups in total. The van der Waals surface area contributed by atoms with Crippen LogP contribution in [0.4, 0.5) is 0 Å². The Morgan fingerprint density at radius 1 is 1.42 bits per heavy atom. The summed E-state index contributed by atoms with van der Waals surface area (Å²) in [4.78, 5) is 0. The van der Waals surface area contributed by atoms with Crippen LogP contribution in [-0.4, -0.2) is 7.11 Å². The second kappa shape index (κ2) is 4.04. The first-order valence-corrected chi connectivity index (χ1v) is 3.92. The molecule has 1 aromatic carbocycles. The van der Waals surface area contributed by atoms with Crippen LogP contribution in [0.15, 0.2) is 18.2 Å². The molecule has 0 spiro atoms. The van der Waals surface area contributed by atoms with Gasteiger partial charge in [0.2, 0.25) is 0 Å². The molecule has 1 aromatic rings. The van der Waals surface area contributed by atoms with Crippen molar-refractivity contribution in [1.82, 2.24) is 0 Å². The van der Waals surface area contributed by atoms with E-state index in [4.69, 9.17) is 16.3 Å². The minimum absolute atomic E-state index is 0.595. The van der Waals surface area contributed by atoms with Crippen molar-refractivity contribution in [3.8, 4) is 17.6 Å². The molecule has 0 bridgehead atoms. The lowest BCUT2D eigenvalue weighted by Gasteiger charge is -2.01. The molecule has 1 rings (SSSR count). The van der Waals surface area contributed by atoms with Crippen molar-refractivity contribution in [2.75, 3.05) is 7.11 Å². The maximum Gasteiger partial charge on any atom is 0.137 e. The second-order valence-corrected chi connectivity index (χ2v) is 2.63. The van der Waals surface area contributed by atoms with Gasteiger partial charge in [0.25, 0.3) is 0 Å². The molecule has 62 valence electrons. The summed E-state index contributed by atoms with van der Waals surface area (Å²) in [6, 6.07) is 5.47. The van der Waals surface area contributed by atoms with Crippen molar-refractivity contribution < 1.29 is 4.74 Å². The predicted molar refractivity (Wildman–Crippen MR) is 50.6 cm³/mol. The summed E-state index contributed by atoms with van der Waals surface area (Å²) in [5, 5.41) is 0.595. The summed E-state index contributed by atoms with van der Waals surface area (Å²) in [6.07, 6.45) is 0. The third kappa shape index (κ3) is 1.93. The van der Waals surface area contributed by atoms with E-state index in [0.717, 1.165) is 5.56 Å². The molecule has 0 saturated carbocycles. The molecule has 0 amide bonds. The van der Waals surface area contributed by atoms with Crippen molar-refractivity contribution in [1.29, 1.82) is 0 Å². The monoisotopic (exact) mass is 180 g/mol. The average molecular weight is 181 g/mol. The van der Waals surface area contributed by atoms with Gasteiger partial charge in [0.15, 0.2) is 0 Å². The van der Waals surface area contributed by atoms with Crippen LogP contribution in [0, 0.1) is 11.8 Å². The van der Waals surface area contributed by atoms with Crippen molar-refractivity contribution in [2.45, 2.75) is 6.92 Å². The minimum Gasteiger partial charge on any atom is -0.495 e. The fourth-order valence-electron chi connectivity index (χ4n) is 0.888.